The van der Waals surface area contributed by atoms with E-state index >= 15 is 0 Å². The number of oxazole rings is 1. The van der Waals surface area contributed by atoms with E-state index in [0.29, 0.717) is 0 Å². The summed E-state index contributed by atoms with van der Waals surface area (Å²) in [6, 6.07) is 16.3. The van der Waals surface area contributed by atoms with Gasteiger partial charge in [-0.2, -0.15) is 4.98 Å². The fraction of sp³-hybridized carbons (Fsp3) is 0.158. The minimum Gasteiger partial charge on any atom is -0.404 e. The molecule has 0 amide bonds. The van der Waals surface area contributed by atoms with Crippen molar-refractivity contribution in [1.29, 1.82) is 0 Å². The summed E-state index contributed by atoms with van der Waals surface area (Å²) in [5.41, 5.74) is 4.36. The van der Waals surface area contributed by atoms with Gasteiger partial charge in [-0.25, -0.2) is 0 Å². The number of H-pyrrole nitrogens is 1. The van der Waals surface area contributed by atoms with Crippen molar-refractivity contribution in [1.82, 2.24) is 4.90 Å². The molecule has 1 aromatic heterocycles. The molecule has 0 saturated carbocycles. The minimum atomic E-state index is 0.817. The molecule has 0 radical (unpaired) electrons. The van der Waals surface area contributed by atoms with Crippen molar-refractivity contribution >= 4 is 11.9 Å². The standard InChI is InChI=1S/C19H19N3O/c1-22(2)13-17-6-4-3-5-16(17)11-21-18-9-7-15(8-10-18)19-12-20-14-23-19/h3-12,14H,13H2,1-2H3/p+1. The fourth-order valence-electron chi connectivity index (χ4n) is 2.39. The molecule has 0 aliphatic rings. The van der Waals surface area contributed by atoms with Gasteiger partial charge in [-0.3, -0.25) is 4.99 Å². The van der Waals surface area contributed by atoms with E-state index in [2.05, 4.69) is 47.2 Å². The van der Waals surface area contributed by atoms with Gasteiger partial charge in [0.15, 0.2) is 0 Å². The van der Waals surface area contributed by atoms with Crippen LogP contribution in [0.1, 0.15) is 11.1 Å². The van der Waals surface area contributed by atoms with Crippen molar-refractivity contribution in [2.45, 2.75) is 6.54 Å². The van der Waals surface area contributed by atoms with Crippen LogP contribution in [0, 0.1) is 0 Å². The largest absolute Gasteiger partial charge is 0.404 e. The molecule has 0 atom stereocenters. The molecule has 0 aliphatic carbocycles. The van der Waals surface area contributed by atoms with Gasteiger partial charge in [0, 0.05) is 18.3 Å². The average Bonchev–Trinajstić information content (AvgIpc) is 3.08. The third-order valence-electron chi connectivity index (χ3n) is 3.51. The van der Waals surface area contributed by atoms with Crippen molar-refractivity contribution in [3.8, 4) is 11.3 Å². The Morgan fingerprint density at radius 2 is 1.87 bits per heavy atom. The quantitative estimate of drug-likeness (QED) is 0.676. The summed E-state index contributed by atoms with van der Waals surface area (Å²) in [6.45, 7) is 0.899. The van der Waals surface area contributed by atoms with Crippen LogP contribution in [0.5, 0.6) is 0 Å². The molecule has 0 aliphatic heterocycles. The van der Waals surface area contributed by atoms with Crippen LogP contribution >= 0.6 is 0 Å². The molecule has 2 aromatic carbocycles. The first kappa shape index (κ1) is 15.2. The van der Waals surface area contributed by atoms with Crippen molar-refractivity contribution in [2.75, 3.05) is 14.1 Å². The van der Waals surface area contributed by atoms with Crippen molar-refractivity contribution < 1.29 is 9.40 Å². The van der Waals surface area contributed by atoms with Crippen LogP contribution in [-0.2, 0) is 6.54 Å². The van der Waals surface area contributed by atoms with E-state index in [1.165, 1.54) is 5.56 Å². The van der Waals surface area contributed by atoms with E-state index in [-0.39, 0.29) is 0 Å². The Kier molecular flexibility index (Phi) is 4.64. The van der Waals surface area contributed by atoms with E-state index in [1.807, 2.05) is 42.7 Å². The normalized spacial score (nSPS) is 11.4. The summed E-state index contributed by atoms with van der Waals surface area (Å²) < 4.78 is 5.34. The summed E-state index contributed by atoms with van der Waals surface area (Å²) in [7, 11) is 4.14. The maximum absolute atomic E-state index is 5.34. The van der Waals surface area contributed by atoms with E-state index in [4.69, 9.17) is 4.42 Å². The number of rotatable bonds is 5. The van der Waals surface area contributed by atoms with Crippen LogP contribution in [0.3, 0.4) is 0 Å². The number of benzene rings is 2. The molecular weight excluding hydrogens is 286 g/mol. The third-order valence-corrected chi connectivity index (χ3v) is 3.51. The molecule has 0 saturated heterocycles. The summed E-state index contributed by atoms with van der Waals surface area (Å²) in [5.74, 6) is 0.817. The summed E-state index contributed by atoms with van der Waals surface area (Å²) in [4.78, 5) is 9.65. The lowest BCUT2D eigenvalue weighted by Crippen LogP contribution is -2.12. The molecule has 3 aromatic rings. The third kappa shape index (κ3) is 3.93. The van der Waals surface area contributed by atoms with Crippen LogP contribution < -0.4 is 4.98 Å². The number of hydrogen-bond donors (Lipinski definition) is 0. The lowest BCUT2D eigenvalue weighted by molar-refractivity contribution is -0.383. The second kappa shape index (κ2) is 7.03. The van der Waals surface area contributed by atoms with Gasteiger partial charge in [-0.15, -0.1) is 0 Å². The second-order valence-electron chi connectivity index (χ2n) is 5.65. The predicted octanol–water partition coefficient (Wildman–Crippen LogP) is 3.57. The molecule has 1 heterocycles. The van der Waals surface area contributed by atoms with Gasteiger partial charge in [0.2, 0.25) is 12.0 Å². The zero-order valence-corrected chi connectivity index (χ0v) is 13.4. The zero-order valence-electron chi connectivity index (χ0n) is 13.4. The zero-order chi connectivity index (χ0) is 16.1. The van der Waals surface area contributed by atoms with E-state index in [0.717, 1.165) is 29.1 Å². The molecule has 0 unspecified atom stereocenters. The van der Waals surface area contributed by atoms with E-state index < -0.39 is 0 Å². The number of aliphatic imine (C=N–C) groups is 1. The van der Waals surface area contributed by atoms with Gasteiger partial charge in [-0.1, -0.05) is 24.3 Å². The van der Waals surface area contributed by atoms with Crippen LogP contribution in [0.25, 0.3) is 11.3 Å². The lowest BCUT2D eigenvalue weighted by Gasteiger charge is -2.11. The number of nitrogens with zero attached hydrogens (tertiary/aromatic N) is 2. The number of nitrogens with one attached hydrogen (secondary N) is 1. The molecule has 0 fully saturated rings. The molecule has 0 bridgehead atoms. The fourth-order valence-corrected chi connectivity index (χ4v) is 2.39. The van der Waals surface area contributed by atoms with Gasteiger partial charge in [0.05, 0.1) is 5.69 Å². The summed E-state index contributed by atoms with van der Waals surface area (Å²) in [5, 5.41) is 0. The highest BCUT2D eigenvalue weighted by atomic mass is 16.3. The summed E-state index contributed by atoms with van der Waals surface area (Å²) >= 11 is 0. The Morgan fingerprint density at radius 3 is 2.57 bits per heavy atom. The predicted molar refractivity (Wildman–Crippen MR) is 91.8 cm³/mol. The van der Waals surface area contributed by atoms with Crippen LogP contribution in [-0.4, -0.2) is 25.2 Å². The molecule has 0 spiro atoms. The average molecular weight is 306 g/mol. The molecule has 4 heteroatoms. The monoisotopic (exact) mass is 306 g/mol. The van der Waals surface area contributed by atoms with Gasteiger partial charge >= 0.3 is 6.39 Å². The number of aromatic amines is 1. The second-order valence-corrected chi connectivity index (χ2v) is 5.65. The Bertz CT molecular complexity index is 775. The maximum atomic E-state index is 5.34. The van der Waals surface area contributed by atoms with Crippen LogP contribution in [0.15, 0.2) is 70.5 Å². The van der Waals surface area contributed by atoms with E-state index in [9.17, 15) is 0 Å². The highest BCUT2D eigenvalue weighted by molar-refractivity contribution is 5.84. The smallest absolute Gasteiger partial charge is 0.333 e. The minimum absolute atomic E-state index is 0.817. The Morgan fingerprint density at radius 1 is 1.09 bits per heavy atom. The highest BCUT2D eigenvalue weighted by Crippen LogP contribution is 2.21. The highest BCUT2D eigenvalue weighted by Gasteiger charge is 2.04. The maximum Gasteiger partial charge on any atom is 0.333 e. The number of hydrogen-bond acceptors (Lipinski definition) is 3. The van der Waals surface area contributed by atoms with Crippen LogP contribution in [0.4, 0.5) is 5.69 Å². The first-order valence-corrected chi connectivity index (χ1v) is 7.54. The molecule has 3 rings (SSSR count). The first-order chi connectivity index (χ1) is 11.2. The first-order valence-electron chi connectivity index (χ1n) is 7.54. The topological polar surface area (TPSA) is 42.9 Å². The van der Waals surface area contributed by atoms with Gasteiger partial charge in [-0.05, 0) is 49.5 Å². The summed E-state index contributed by atoms with van der Waals surface area (Å²) in [6.07, 6.45) is 5.31. The molecular formula is C19H20N3O+. The van der Waals surface area contributed by atoms with Gasteiger partial charge in [0.1, 0.15) is 0 Å². The Labute approximate surface area is 136 Å². The van der Waals surface area contributed by atoms with Crippen LogP contribution in [0.2, 0.25) is 0 Å². The van der Waals surface area contributed by atoms with E-state index in [1.54, 1.807) is 6.39 Å². The Balaban J connectivity index is 1.78. The number of aromatic nitrogens is 1. The van der Waals surface area contributed by atoms with Crippen molar-refractivity contribution in [3.05, 3.63) is 72.2 Å². The Hall–Kier alpha value is -2.72. The van der Waals surface area contributed by atoms with Crippen molar-refractivity contribution in [3.63, 3.8) is 0 Å². The van der Waals surface area contributed by atoms with Gasteiger partial charge in [0.25, 0.3) is 0 Å². The SMILES string of the molecule is CN(C)Cc1ccccc1C=Nc1ccc(-c2c[nH+]co2)cc1. The van der Waals surface area contributed by atoms with Gasteiger partial charge < -0.3 is 9.32 Å². The molecule has 1 N–H and O–H groups in total. The molecule has 4 nitrogen and oxygen atoms in total. The molecule has 116 valence electrons. The lowest BCUT2D eigenvalue weighted by atomic mass is 10.1. The molecule has 23 heavy (non-hydrogen) atoms. The van der Waals surface area contributed by atoms with Crippen molar-refractivity contribution in [2.24, 2.45) is 4.99 Å².